The van der Waals surface area contributed by atoms with Crippen molar-refractivity contribution in [2.24, 2.45) is 0 Å². The van der Waals surface area contributed by atoms with Crippen LogP contribution in [0.5, 0.6) is 5.75 Å². The van der Waals surface area contributed by atoms with Gasteiger partial charge in [-0.25, -0.2) is 0 Å². The van der Waals surface area contributed by atoms with Gasteiger partial charge >= 0.3 is 0 Å². The number of para-hydroxylation sites is 1. The maximum Gasteiger partial charge on any atom is 0.229 e. The second-order valence-electron chi connectivity index (χ2n) is 6.03. The van der Waals surface area contributed by atoms with Crippen molar-refractivity contribution in [2.45, 2.75) is 38.6 Å². The maximum atomic E-state index is 12.6. The van der Waals surface area contributed by atoms with Gasteiger partial charge in [0.15, 0.2) is 0 Å². The van der Waals surface area contributed by atoms with Crippen molar-refractivity contribution in [1.82, 2.24) is 10.1 Å². The first-order chi connectivity index (χ1) is 11.6. The fourth-order valence-electron chi connectivity index (χ4n) is 3.06. The van der Waals surface area contributed by atoms with E-state index in [1.54, 1.807) is 0 Å². The molecule has 1 fully saturated rings. The van der Waals surface area contributed by atoms with Crippen molar-refractivity contribution in [3.8, 4) is 5.75 Å². The summed E-state index contributed by atoms with van der Waals surface area (Å²) in [6.45, 7) is 3.16. The zero-order valence-electron chi connectivity index (χ0n) is 13.7. The molecule has 0 N–H and O–H groups in total. The number of halogens is 1. The van der Waals surface area contributed by atoms with Gasteiger partial charge in [0.2, 0.25) is 11.1 Å². The molecule has 2 heterocycles. The highest BCUT2D eigenvalue weighted by Crippen LogP contribution is 2.23. The minimum absolute atomic E-state index is 0.130. The Labute approximate surface area is 146 Å². The van der Waals surface area contributed by atoms with Crippen molar-refractivity contribution >= 4 is 17.5 Å². The van der Waals surface area contributed by atoms with Crippen molar-refractivity contribution in [3.05, 3.63) is 46.8 Å². The number of rotatable bonds is 6. The van der Waals surface area contributed by atoms with Crippen LogP contribution in [0.2, 0.25) is 5.22 Å². The van der Waals surface area contributed by atoms with Crippen LogP contribution in [0.1, 0.15) is 30.5 Å². The van der Waals surface area contributed by atoms with Crippen LogP contribution >= 0.6 is 11.6 Å². The second-order valence-corrected chi connectivity index (χ2v) is 6.37. The van der Waals surface area contributed by atoms with E-state index >= 15 is 0 Å². The Hall–Kier alpha value is -2.01. The Morgan fingerprint density at radius 2 is 2.21 bits per heavy atom. The highest BCUT2D eigenvalue weighted by molar-refractivity contribution is 6.29. The van der Waals surface area contributed by atoms with Gasteiger partial charge < -0.3 is 14.2 Å². The fourth-order valence-corrected chi connectivity index (χ4v) is 3.33. The molecule has 1 saturated heterocycles. The van der Waals surface area contributed by atoms with E-state index in [0.717, 1.165) is 36.4 Å². The van der Waals surface area contributed by atoms with Gasteiger partial charge in [0.1, 0.15) is 12.4 Å². The van der Waals surface area contributed by atoms with Gasteiger partial charge in [0, 0.05) is 18.5 Å². The van der Waals surface area contributed by atoms with Crippen molar-refractivity contribution in [2.75, 3.05) is 13.2 Å². The Bertz CT molecular complexity index is 667. The fraction of sp³-hybridized carbons (Fsp3) is 0.444. The standard InChI is InChI=1S/C18H21ClN2O3/c1-13-16(18(19)24-20-13)9-10-17(22)21-11-5-6-14(21)12-23-15-7-3-2-4-8-15/h2-4,7-8,14H,5-6,9-12H2,1H3/t14-/m0/s1. The van der Waals surface area contributed by atoms with E-state index in [1.807, 2.05) is 42.2 Å². The highest BCUT2D eigenvalue weighted by atomic mass is 35.5. The monoisotopic (exact) mass is 348 g/mol. The molecule has 1 aliphatic rings. The zero-order valence-corrected chi connectivity index (χ0v) is 14.5. The largest absolute Gasteiger partial charge is 0.491 e. The van der Waals surface area contributed by atoms with E-state index in [4.69, 9.17) is 20.9 Å². The predicted molar refractivity (Wildman–Crippen MR) is 91.2 cm³/mol. The summed E-state index contributed by atoms with van der Waals surface area (Å²) in [5.74, 6) is 0.967. The number of aryl methyl sites for hydroxylation is 1. The van der Waals surface area contributed by atoms with Crippen LogP contribution in [0.25, 0.3) is 0 Å². The quantitative estimate of drug-likeness (QED) is 0.799. The molecule has 5 nitrogen and oxygen atoms in total. The molecule has 0 saturated carbocycles. The van der Waals surface area contributed by atoms with Crippen LogP contribution in [-0.4, -0.2) is 35.2 Å². The summed E-state index contributed by atoms with van der Waals surface area (Å²) in [5, 5.41) is 4.10. The third kappa shape index (κ3) is 3.90. The van der Waals surface area contributed by atoms with Gasteiger partial charge in [0.25, 0.3) is 0 Å². The lowest BCUT2D eigenvalue weighted by molar-refractivity contribution is -0.132. The summed E-state index contributed by atoms with van der Waals surface area (Å²) in [4.78, 5) is 14.5. The summed E-state index contributed by atoms with van der Waals surface area (Å²) in [6.07, 6.45) is 2.95. The number of hydrogen-bond acceptors (Lipinski definition) is 4. The average molecular weight is 349 g/mol. The van der Waals surface area contributed by atoms with Crippen molar-refractivity contribution in [3.63, 3.8) is 0 Å². The predicted octanol–water partition coefficient (Wildman–Crippen LogP) is 3.64. The van der Waals surface area contributed by atoms with Gasteiger partial charge in [-0.15, -0.1) is 0 Å². The first-order valence-corrected chi connectivity index (χ1v) is 8.61. The number of hydrogen-bond donors (Lipinski definition) is 0. The molecule has 3 rings (SSSR count). The van der Waals surface area contributed by atoms with Crippen molar-refractivity contribution in [1.29, 1.82) is 0 Å². The molecule has 128 valence electrons. The van der Waals surface area contributed by atoms with Gasteiger partial charge in [0.05, 0.1) is 11.7 Å². The van der Waals surface area contributed by atoms with Crippen LogP contribution < -0.4 is 4.74 Å². The first-order valence-electron chi connectivity index (χ1n) is 8.23. The van der Waals surface area contributed by atoms with Crippen LogP contribution in [-0.2, 0) is 11.2 Å². The summed E-state index contributed by atoms with van der Waals surface area (Å²) >= 11 is 5.96. The van der Waals surface area contributed by atoms with Crippen LogP contribution in [0.4, 0.5) is 0 Å². The molecule has 0 aliphatic carbocycles. The van der Waals surface area contributed by atoms with Crippen LogP contribution in [0, 0.1) is 6.92 Å². The molecule has 0 bridgehead atoms. The van der Waals surface area contributed by atoms with E-state index in [-0.39, 0.29) is 17.2 Å². The lowest BCUT2D eigenvalue weighted by Gasteiger charge is -2.25. The van der Waals surface area contributed by atoms with E-state index in [2.05, 4.69) is 5.16 Å². The summed E-state index contributed by atoms with van der Waals surface area (Å²) in [5.41, 5.74) is 1.57. The minimum Gasteiger partial charge on any atom is -0.491 e. The van der Waals surface area contributed by atoms with Crippen LogP contribution in [0.15, 0.2) is 34.9 Å². The SMILES string of the molecule is Cc1noc(Cl)c1CCC(=O)N1CCC[C@H]1COc1ccccc1. The summed E-state index contributed by atoms with van der Waals surface area (Å²) in [7, 11) is 0. The second kappa shape index (κ2) is 7.71. The molecule has 6 heteroatoms. The van der Waals surface area contributed by atoms with Gasteiger partial charge in [-0.2, -0.15) is 0 Å². The Kier molecular flexibility index (Phi) is 5.41. The molecule has 0 unspecified atom stereocenters. The molecule has 1 atom stereocenters. The Morgan fingerprint density at radius 3 is 2.92 bits per heavy atom. The lowest BCUT2D eigenvalue weighted by atomic mass is 10.1. The molecule has 24 heavy (non-hydrogen) atoms. The van der Waals surface area contributed by atoms with Crippen molar-refractivity contribution < 1.29 is 14.1 Å². The molecule has 2 aromatic rings. The number of carbonyl (C=O) groups is 1. The van der Waals surface area contributed by atoms with E-state index in [9.17, 15) is 4.79 Å². The van der Waals surface area contributed by atoms with Gasteiger partial charge in [-0.3, -0.25) is 4.79 Å². The Morgan fingerprint density at radius 1 is 1.42 bits per heavy atom. The zero-order chi connectivity index (χ0) is 16.9. The topological polar surface area (TPSA) is 55.6 Å². The number of nitrogens with zero attached hydrogens (tertiary/aromatic N) is 2. The van der Waals surface area contributed by atoms with E-state index < -0.39 is 0 Å². The van der Waals surface area contributed by atoms with E-state index in [0.29, 0.717) is 19.4 Å². The molecule has 1 aromatic heterocycles. The number of ether oxygens (including phenoxy) is 1. The third-order valence-electron chi connectivity index (χ3n) is 4.41. The maximum absolute atomic E-state index is 12.6. The molecule has 0 radical (unpaired) electrons. The molecule has 0 spiro atoms. The van der Waals surface area contributed by atoms with Crippen LogP contribution in [0.3, 0.4) is 0 Å². The minimum atomic E-state index is 0.130. The number of carbonyl (C=O) groups excluding carboxylic acids is 1. The summed E-state index contributed by atoms with van der Waals surface area (Å²) < 4.78 is 10.8. The van der Waals surface area contributed by atoms with E-state index in [1.165, 1.54) is 0 Å². The Balaban J connectivity index is 1.53. The number of likely N-dealkylation sites (tertiary alicyclic amines) is 1. The molecule has 1 amide bonds. The summed E-state index contributed by atoms with van der Waals surface area (Å²) in [6, 6.07) is 9.83. The number of aromatic nitrogens is 1. The number of amides is 1. The molecule has 1 aromatic carbocycles. The first kappa shape index (κ1) is 16.8. The smallest absolute Gasteiger partial charge is 0.229 e. The van der Waals surface area contributed by atoms with Gasteiger partial charge in [-0.05, 0) is 49.9 Å². The molecule has 1 aliphatic heterocycles. The third-order valence-corrected chi connectivity index (χ3v) is 4.71. The normalized spacial score (nSPS) is 17.2. The molecular formula is C18H21ClN2O3. The lowest BCUT2D eigenvalue weighted by Crippen LogP contribution is -2.39. The molecular weight excluding hydrogens is 328 g/mol. The number of benzene rings is 1. The average Bonchev–Trinajstić information content (AvgIpc) is 3.19. The highest BCUT2D eigenvalue weighted by Gasteiger charge is 2.29. The van der Waals surface area contributed by atoms with Gasteiger partial charge in [-0.1, -0.05) is 23.4 Å².